The molecule has 0 radical (unpaired) electrons. The summed E-state index contributed by atoms with van der Waals surface area (Å²) < 4.78 is 9.96. The van der Waals surface area contributed by atoms with Crippen LogP contribution in [0.25, 0.3) is 11.1 Å². The van der Waals surface area contributed by atoms with Crippen LogP contribution in [0.3, 0.4) is 0 Å². The molecule has 0 aliphatic carbocycles. The van der Waals surface area contributed by atoms with Gasteiger partial charge in [0, 0.05) is 18.7 Å². The Morgan fingerprint density at radius 3 is 3.00 bits per heavy atom. The largest absolute Gasteiger partial charge is 0.441 e. The normalized spacial score (nSPS) is 10.7. The highest BCUT2D eigenvalue weighted by Crippen LogP contribution is 2.19. The van der Waals surface area contributed by atoms with Gasteiger partial charge in [0.25, 0.3) is 5.91 Å². The first kappa shape index (κ1) is 10.5. The smallest absolute Gasteiger partial charge is 0.277 e. The monoisotopic (exact) mass is 243 g/mol. The molecule has 6 nitrogen and oxygen atoms in total. The van der Waals surface area contributed by atoms with Gasteiger partial charge in [-0.25, -0.2) is 4.98 Å². The number of rotatable bonds is 2. The first-order chi connectivity index (χ1) is 8.72. The predicted octanol–water partition coefficient (Wildman–Crippen LogP) is 2.38. The zero-order valence-electron chi connectivity index (χ0n) is 9.51. The standard InChI is InChI=1S/C12H9N3O3/c1-7-13-10-6-8(2-3-11(10)18-7)14-12(16)9-4-5-17-15-9/h2-6H,1H3,(H,14,16). The molecule has 1 N–H and O–H groups in total. The van der Waals surface area contributed by atoms with Gasteiger partial charge in [0.1, 0.15) is 11.8 Å². The SMILES string of the molecule is Cc1nc2cc(NC(=O)c3ccon3)ccc2o1. The number of hydrogen-bond donors (Lipinski definition) is 1. The zero-order chi connectivity index (χ0) is 12.5. The molecule has 3 aromatic rings. The molecule has 0 spiro atoms. The van der Waals surface area contributed by atoms with Crippen molar-refractivity contribution in [3.05, 3.63) is 42.1 Å². The Morgan fingerprint density at radius 1 is 1.33 bits per heavy atom. The number of nitrogens with zero attached hydrogens (tertiary/aromatic N) is 2. The molecular formula is C12H9N3O3. The summed E-state index contributed by atoms with van der Waals surface area (Å²) in [7, 11) is 0. The molecule has 0 atom stereocenters. The van der Waals surface area contributed by atoms with Crippen LogP contribution in [0.2, 0.25) is 0 Å². The molecule has 0 fully saturated rings. The van der Waals surface area contributed by atoms with Crippen molar-refractivity contribution < 1.29 is 13.7 Å². The van der Waals surface area contributed by atoms with E-state index >= 15 is 0 Å². The van der Waals surface area contributed by atoms with Crippen LogP contribution in [-0.2, 0) is 0 Å². The van der Waals surface area contributed by atoms with E-state index in [0.29, 0.717) is 22.7 Å². The van der Waals surface area contributed by atoms with Crippen LogP contribution in [0, 0.1) is 6.92 Å². The highest BCUT2D eigenvalue weighted by Gasteiger charge is 2.10. The number of hydrogen-bond acceptors (Lipinski definition) is 5. The van der Waals surface area contributed by atoms with Crippen LogP contribution >= 0.6 is 0 Å². The quantitative estimate of drug-likeness (QED) is 0.747. The van der Waals surface area contributed by atoms with Gasteiger partial charge in [0.2, 0.25) is 0 Å². The summed E-state index contributed by atoms with van der Waals surface area (Å²) >= 11 is 0. The van der Waals surface area contributed by atoms with Gasteiger partial charge in [-0.2, -0.15) is 0 Å². The van der Waals surface area contributed by atoms with Crippen molar-refractivity contribution in [1.82, 2.24) is 10.1 Å². The molecule has 6 heteroatoms. The average Bonchev–Trinajstić information content (AvgIpc) is 2.95. The second-order valence-corrected chi connectivity index (χ2v) is 3.75. The fraction of sp³-hybridized carbons (Fsp3) is 0.0833. The van der Waals surface area contributed by atoms with Gasteiger partial charge >= 0.3 is 0 Å². The van der Waals surface area contributed by atoms with Gasteiger partial charge in [-0.15, -0.1) is 0 Å². The van der Waals surface area contributed by atoms with Crippen LogP contribution < -0.4 is 5.32 Å². The molecule has 0 unspecified atom stereocenters. The Balaban J connectivity index is 1.88. The van der Waals surface area contributed by atoms with E-state index in [1.54, 1.807) is 25.1 Å². The molecule has 0 aliphatic heterocycles. The lowest BCUT2D eigenvalue weighted by atomic mass is 10.2. The summed E-state index contributed by atoms with van der Waals surface area (Å²) in [4.78, 5) is 15.9. The number of anilines is 1. The van der Waals surface area contributed by atoms with E-state index in [-0.39, 0.29) is 11.6 Å². The minimum absolute atomic E-state index is 0.228. The lowest BCUT2D eigenvalue weighted by Gasteiger charge is -2.01. The van der Waals surface area contributed by atoms with Crippen LogP contribution in [0.4, 0.5) is 5.69 Å². The number of fused-ring (bicyclic) bond motifs is 1. The summed E-state index contributed by atoms with van der Waals surface area (Å²) in [5.74, 6) is 0.258. The van der Waals surface area contributed by atoms with E-state index in [4.69, 9.17) is 4.42 Å². The van der Waals surface area contributed by atoms with Crippen molar-refractivity contribution >= 4 is 22.7 Å². The Hall–Kier alpha value is -2.63. The predicted molar refractivity (Wildman–Crippen MR) is 63.2 cm³/mol. The molecule has 0 bridgehead atoms. The zero-order valence-corrected chi connectivity index (χ0v) is 9.51. The van der Waals surface area contributed by atoms with Gasteiger partial charge < -0.3 is 14.3 Å². The topological polar surface area (TPSA) is 81.2 Å². The summed E-state index contributed by atoms with van der Waals surface area (Å²) in [5.41, 5.74) is 2.24. The lowest BCUT2D eigenvalue weighted by molar-refractivity contribution is 0.101. The number of amides is 1. The molecule has 1 aromatic carbocycles. The molecule has 2 heterocycles. The number of oxazole rings is 1. The number of carbonyl (C=O) groups excluding carboxylic acids is 1. The number of benzene rings is 1. The van der Waals surface area contributed by atoms with Crippen LogP contribution in [0.5, 0.6) is 0 Å². The molecule has 1 amide bonds. The van der Waals surface area contributed by atoms with E-state index in [9.17, 15) is 4.79 Å². The molecule has 0 saturated carbocycles. The lowest BCUT2D eigenvalue weighted by Crippen LogP contribution is -2.11. The second-order valence-electron chi connectivity index (χ2n) is 3.75. The number of carbonyl (C=O) groups is 1. The van der Waals surface area contributed by atoms with E-state index in [0.717, 1.165) is 0 Å². The Bertz CT molecular complexity index is 701. The first-order valence-electron chi connectivity index (χ1n) is 5.31. The van der Waals surface area contributed by atoms with Crippen molar-refractivity contribution in [2.24, 2.45) is 0 Å². The fourth-order valence-corrected chi connectivity index (χ4v) is 1.65. The molecule has 0 saturated heterocycles. The van der Waals surface area contributed by atoms with E-state index in [2.05, 4.69) is 20.0 Å². The Morgan fingerprint density at radius 2 is 2.22 bits per heavy atom. The van der Waals surface area contributed by atoms with Crippen molar-refractivity contribution in [1.29, 1.82) is 0 Å². The highest BCUT2D eigenvalue weighted by atomic mass is 16.5. The van der Waals surface area contributed by atoms with Gasteiger partial charge in [0.05, 0.1) is 0 Å². The summed E-state index contributed by atoms with van der Waals surface area (Å²) in [6.07, 6.45) is 1.35. The molecule has 3 rings (SSSR count). The summed E-state index contributed by atoms with van der Waals surface area (Å²) in [5, 5.41) is 6.26. The maximum absolute atomic E-state index is 11.7. The fourth-order valence-electron chi connectivity index (χ4n) is 1.65. The number of nitrogens with one attached hydrogen (secondary N) is 1. The molecular weight excluding hydrogens is 234 g/mol. The average molecular weight is 243 g/mol. The van der Waals surface area contributed by atoms with Gasteiger partial charge in [0.15, 0.2) is 17.2 Å². The Labute approximate surface area is 102 Å². The third kappa shape index (κ3) is 1.84. The van der Waals surface area contributed by atoms with Gasteiger partial charge in [-0.05, 0) is 18.2 Å². The van der Waals surface area contributed by atoms with E-state index < -0.39 is 0 Å². The van der Waals surface area contributed by atoms with Gasteiger partial charge in [-0.3, -0.25) is 4.79 Å². The minimum Gasteiger partial charge on any atom is -0.441 e. The number of aryl methyl sites for hydroxylation is 1. The van der Waals surface area contributed by atoms with Crippen molar-refractivity contribution in [2.45, 2.75) is 6.92 Å². The van der Waals surface area contributed by atoms with Gasteiger partial charge in [-0.1, -0.05) is 5.16 Å². The highest BCUT2D eigenvalue weighted by molar-refractivity contribution is 6.03. The van der Waals surface area contributed by atoms with E-state index in [1.807, 2.05) is 0 Å². The number of aromatic nitrogens is 2. The Kier molecular flexibility index (Phi) is 2.33. The molecule has 18 heavy (non-hydrogen) atoms. The maximum atomic E-state index is 11.7. The first-order valence-corrected chi connectivity index (χ1v) is 5.31. The molecule has 90 valence electrons. The van der Waals surface area contributed by atoms with Crippen molar-refractivity contribution in [2.75, 3.05) is 5.32 Å². The van der Waals surface area contributed by atoms with Crippen LogP contribution in [0.15, 0.2) is 39.5 Å². The summed E-state index contributed by atoms with van der Waals surface area (Å²) in [6.45, 7) is 1.77. The molecule has 2 aromatic heterocycles. The second kappa shape index (κ2) is 3.99. The molecule has 0 aliphatic rings. The maximum Gasteiger partial charge on any atom is 0.277 e. The van der Waals surface area contributed by atoms with Crippen LogP contribution in [-0.4, -0.2) is 16.0 Å². The third-order valence-corrected chi connectivity index (χ3v) is 2.42. The minimum atomic E-state index is -0.330. The summed E-state index contributed by atoms with van der Waals surface area (Å²) in [6, 6.07) is 6.73. The van der Waals surface area contributed by atoms with E-state index in [1.165, 1.54) is 12.3 Å². The third-order valence-electron chi connectivity index (χ3n) is 2.42. The van der Waals surface area contributed by atoms with Crippen molar-refractivity contribution in [3.8, 4) is 0 Å². The van der Waals surface area contributed by atoms with Crippen molar-refractivity contribution in [3.63, 3.8) is 0 Å². The van der Waals surface area contributed by atoms with Crippen LogP contribution in [0.1, 0.15) is 16.4 Å².